The molecule has 1 saturated carbocycles. The first kappa shape index (κ1) is 26.0. The van der Waals surface area contributed by atoms with Gasteiger partial charge in [0.1, 0.15) is 17.3 Å². The molecule has 1 aromatic heterocycles. The van der Waals surface area contributed by atoms with Crippen LogP contribution in [0.5, 0.6) is 0 Å². The van der Waals surface area contributed by atoms with Gasteiger partial charge in [-0.15, -0.1) is 0 Å². The van der Waals surface area contributed by atoms with Crippen molar-refractivity contribution < 1.29 is 13.9 Å². The van der Waals surface area contributed by atoms with E-state index < -0.39 is 11.7 Å². The van der Waals surface area contributed by atoms with Crippen LogP contribution < -0.4 is 16.4 Å². The average molecular weight is 512 g/mol. The Kier molecular flexibility index (Phi) is 8.51. The molecule has 0 unspecified atom stereocenters. The minimum Gasteiger partial charge on any atom is -0.382 e. The molecule has 0 saturated heterocycles. The van der Waals surface area contributed by atoms with Crippen LogP contribution in [-0.4, -0.2) is 42.7 Å². The van der Waals surface area contributed by atoms with Crippen LogP contribution in [0.1, 0.15) is 59.3 Å². The number of amides is 1. The number of aromatic nitrogens is 2. The molecule has 0 spiro atoms. The third-order valence-corrected chi connectivity index (χ3v) is 6.93. The second-order valence-corrected chi connectivity index (χ2v) is 9.51. The molecule has 1 aliphatic rings. The molecule has 1 atom stereocenters. The topological polar surface area (TPSA) is 102 Å². The van der Waals surface area contributed by atoms with E-state index in [1.165, 1.54) is 12.1 Å². The van der Waals surface area contributed by atoms with Gasteiger partial charge in [-0.05, 0) is 62.6 Å². The summed E-state index contributed by atoms with van der Waals surface area (Å²) in [5.74, 6) is -0.710. The minimum atomic E-state index is -0.661. The molecule has 36 heavy (non-hydrogen) atoms. The largest absolute Gasteiger partial charge is 0.382 e. The lowest BCUT2D eigenvalue weighted by atomic mass is 9.85. The second kappa shape index (κ2) is 11.8. The van der Waals surface area contributed by atoms with E-state index in [2.05, 4.69) is 15.6 Å². The van der Waals surface area contributed by atoms with Gasteiger partial charge in [0.15, 0.2) is 0 Å². The maximum atomic E-state index is 15.2. The number of nitrogens with one attached hydrogen (secondary N) is 2. The van der Waals surface area contributed by atoms with Gasteiger partial charge in [-0.3, -0.25) is 4.79 Å². The molecule has 4 rings (SSSR count). The molecule has 4 N–H and O–H groups in total. The normalized spacial score (nSPS) is 18.6. The van der Waals surface area contributed by atoms with Crippen LogP contribution in [0.25, 0.3) is 11.3 Å². The van der Waals surface area contributed by atoms with Crippen molar-refractivity contribution in [3.8, 4) is 11.3 Å². The van der Waals surface area contributed by atoms with E-state index in [0.29, 0.717) is 22.8 Å². The highest BCUT2D eigenvalue weighted by Gasteiger charge is 2.25. The van der Waals surface area contributed by atoms with E-state index in [4.69, 9.17) is 27.1 Å². The highest BCUT2D eigenvalue weighted by Crippen LogP contribution is 2.34. The number of carbonyl (C=O) groups excluding carboxylic acids is 1. The summed E-state index contributed by atoms with van der Waals surface area (Å²) in [5, 5.41) is 6.49. The van der Waals surface area contributed by atoms with Gasteiger partial charge in [0.2, 0.25) is 0 Å². The summed E-state index contributed by atoms with van der Waals surface area (Å²) < 4.78 is 20.6. The van der Waals surface area contributed by atoms with Crippen molar-refractivity contribution >= 4 is 23.3 Å². The van der Waals surface area contributed by atoms with E-state index in [1.807, 2.05) is 12.1 Å². The Labute approximate surface area is 215 Å². The van der Waals surface area contributed by atoms with Gasteiger partial charge in [0.25, 0.3) is 5.91 Å². The van der Waals surface area contributed by atoms with Crippen LogP contribution in [0.3, 0.4) is 0 Å². The number of methoxy groups -OCH3 is 1. The zero-order valence-corrected chi connectivity index (χ0v) is 21.2. The fourth-order valence-electron chi connectivity index (χ4n) is 4.68. The van der Waals surface area contributed by atoms with Gasteiger partial charge in [-0.1, -0.05) is 29.8 Å². The Morgan fingerprint density at radius 3 is 2.67 bits per heavy atom. The molecule has 1 heterocycles. The summed E-state index contributed by atoms with van der Waals surface area (Å²) in [6, 6.07) is 11.2. The number of nitrogens with zero attached hydrogens (tertiary/aromatic N) is 2. The number of anilines is 1. The summed E-state index contributed by atoms with van der Waals surface area (Å²) in [7, 11) is 3.52. The molecular formula is C27H31ClFN5O2. The van der Waals surface area contributed by atoms with Crippen LogP contribution in [0.4, 0.5) is 10.2 Å². The number of nitrogens with two attached hydrogens (primary N) is 1. The number of nitrogen functional groups attached to an aromatic ring is 1. The van der Waals surface area contributed by atoms with E-state index >= 15 is 4.39 Å². The molecule has 1 fully saturated rings. The van der Waals surface area contributed by atoms with Crippen molar-refractivity contribution in [2.24, 2.45) is 0 Å². The first-order valence-electron chi connectivity index (χ1n) is 12.1. The van der Waals surface area contributed by atoms with Crippen LogP contribution in [0.2, 0.25) is 5.02 Å². The Balaban J connectivity index is 1.54. The molecule has 3 aromatic rings. The number of rotatable bonds is 8. The maximum Gasteiger partial charge on any atom is 0.254 e. The Hall–Kier alpha value is -3.07. The highest BCUT2D eigenvalue weighted by molar-refractivity contribution is 6.30. The summed E-state index contributed by atoms with van der Waals surface area (Å²) in [6.45, 7) is 0.455. The monoisotopic (exact) mass is 511 g/mol. The van der Waals surface area contributed by atoms with Crippen molar-refractivity contribution in [3.05, 3.63) is 76.3 Å². The fourth-order valence-corrected chi connectivity index (χ4v) is 4.88. The van der Waals surface area contributed by atoms with Gasteiger partial charge < -0.3 is 21.1 Å². The maximum absolute atomic E-state index is 15.2. The standard InChI is InChI=1S/C27H31ClFN5O2/c1-31-14-23(17-4-3-5-19(28)12-17)34-27(35)21-11-8-18(13-22(21)29)25-26(30)32-15-24(33-25)16-6-9-20(36-2)10-7-16/h3-5,8,11-13,15-16,20,23,31H,6-7,9-10,14H2,1-2H3,(H2,30,32)(H,34,35)/t16?,20?,23-/m1/s1. The molecule has 0 aliphatic heterocycles. The number of carbonyl (C=O) groups is 1. The van der Waals surface area contributed by atoms with E-state index in [9.17, 15) is 4.79 Å². The lowest BCUT2D eigenvalue weighted by molar-refractivity contribution is 0.0655. The third-order valence-electron chi connectivity index (χ3n) is 6.70. The van der Waals surface area contributed by atoms with Crippen LogP contribution in [-0.2, 0) is 4.74 Å². The fraction of sp³-hybridized carbons (Fsp3) is 0.370. The third kappa shape index (κ3) is 6.00. The number of likely N-dealkylation sites (N-methyl/N-ethyl adjacent to an activating group) is 1. The van der Waals surface area contributed by atoms with Crippen LogP contribution in [0, 0.1) is 5.82 Å². The van der Waals surface area contributed by atoms with Crippen molar-refractivity contribution in [2.45, 2.75) is 43.7 Å². The number of halogens is 2. The molecule has 9 heteroatoms. The van der Waals surface area contributed by atoms with Crippen LogP contribution in [0.15, 0.2) is 48.7 Å². The number of benzene rings is 2. The van der Waals surface area contributed by atoms with Gasteiger partial charge >= 0.3 is 0 Å². The molecule has 7 nitrogen and oxygen atoms in total. The minimum absolute atomic E-state index is 0.0672. The van der Waals surface area contributed by atoms with E-state index in [-0.39, 0.29) is 29.4 Å². The van der Waals surface area contributed by atoms with Gasteiger partial charge in [0.05, 0.1) is 29.6 Å². The summed E-state index contributed by atoms with van der Waals surface area (Å²) in [4.78, 5) is 22.0. The summed E-state index contributed by atoms with van der Waals surface area (Å²) in [6.07, 6.45) is 5.80. The Bertz CT molecular complexity index is 1220. The molecule has 1 amide bonds. The lowest BCUT2D eigenvalue weighted by Gasteiger charge is -2.27. The first-order valence-corrected chi connectivity index (χ1v) is 12.4. The van der Waals surface area contributed by atoms with Crippen molar-refractivity contribution in [2.75, 3.05) is 26.4 Å². The van der Waals surface area contributed by atoms with Gasteiger partial charge in [-0.2, -0.15) is 0 Å². The quantitative estimate of drug-likeness (QED) is 0.398. The smallest absolute Gasteiger partial charge is 0.254 e. The number of hydrogen-bond acceptors (Lipinski definition) is 6. The zero-order chi connectivity index (χ0) is 25.7. The van der Waals surface area contributed by atoms with Crippen molar-refractivity contribution in [1.82, 2.24) is 20.6 Å². The highest BCUT2D eigenvalue weighted by atomic mass is 35.5. The molecule has 0 bridgehead atoms. The SMILES string of the molecule is CNC[C@@H](NC(=O)c1ccc(-c2nc(C3CCC(OC)CC3)cnc2N)cc1F)c1cccc(Cl)c1. The lowest BCUT2D eigenvalue weighted by Crippen LogP contribution is -2.35. The molecule has 0 radical (unpaired) electrons. The van der Waals surface area contributed by atoms with Crippen molar-refractivity contribution in [1.29, 1.82) is 0 Å². The second-order valence-electron chi connectivity index (χ2n) is 9.07. The van der Waals surface area contributed by atoms with Crippen molar-refractivity contribution in [3.63, 3.8) is 0 Å². The van der Waals surface area contributed by atoms with E-state index in [0.717, 1.165) is 36.9 Å². The van der Waals surface area contributed by atoms with Gasteiger partial charge in [-0.25, -0.2) is 14.4 Å². The summed E-state index contributed by atoms with van der Waals surface area (Å²) >= 11 is 6.11. The van der Waals surface area contributed by atoms with Gasteiger partial charge in [0, 0.05) is 30.2 Å². The summed E-state index contributed by atoms with van der Waals surface area (Å²) in [5.41, 5.74) is 8.59. The number of ether oxygens (including phenoxy) is 1. The number of hydrogen-bond donors (Lipinski definition) is 3. The zero-order valence-electron chi connectivity index (χ0n) is 20.4. The van der Waals surface area contributed by atoms with E-state index in [1.54, 1.807) is 38.6 Å². The van der Waals surface area contributed by atoms with Crippen LogP contribution >= 0.6 is 11.6 Å². The molecule has 190 valence electrons. The predicted molar refractivity (Wildman–Crippen MR) is 139 cm³/mol. The first-order chi connectivity index (χ1) is 17.4. The predicted octanol–water partition coefficient (Wildman–Crippen LogP) is 4.88. The Morgan fingerprint density at radius 2 is 2.00 bits per heavy atom. The average Bonchev–Trinajstić information content (AvgIpc) is 2.88. The molecular weight excluding hydrogens is 481 g/mol. The molecule has 1 aliphatic carbocycles. The Morgan fingerprint density at radius 1 is 1.22 bits per heavy atom. The molecule has 2 aromatic carbocycles.